The van der Waals surface area contributed by atoms with Crippen LogP contribution in [0.5, 0.6) is 0 Å². The molecule has 1 heteroatoms. The molecule has 11 heavy (non-hydrogen) atoms. The molecule has 0 unspecified atom stereocenters. The molecule has 0 aromatic heterocycles. The first kappa shape index (κ1) is 10.7. The number of hydrogen-bond acceptors (Lipinski definition) is 1. The van der Waals surface area contributed by atoms with E-state index in [1.807, 2.05) is 13.8 Å². The van der Waals surface area contributed by atoms with Gasteiger partial charge in [-0.05, 0) is 6.42 Å². The molecule has 0 amide bonds. The molecule has 0 bridgehead atoms. The van der Waals surface area contributed by atoms with E-state index in [1.54, 1.807) is 0 Å². The van der Waals surface area contributed by atoms with E-state index in [9.17, 15) is 4.79 Å². The highest BCUT2D eigenvalue weighted by Crippen LogP contribution is 2.20. The first-order valence-electron chi connectivity index (χ1n) is 4.51. The highest BCUT2D eigenvalue weighted by Gasteiger charge is 2.16. The standard InChI is InChI=1S/C10H19O/c1-4-5-6-7-8-10(2,3)9-11/h4-8H2,1-3H3. The van der Waals surface area contributed by atoms with Crippen molar-refractivity contribution in [1.29, 1.82) is 0 Å². The fourth-order valence-electron chi connectivity index (χ4n) is 1.04. The Hall–Kier alpha value is -0.330. The van der Waals surface area contributed by atoms with E-state index in [2.05, 4.69) is 13.2 Å². The summed E-state index contributed by atoms with van der Waals surface area (Å²) in [5.74, 6) is 0. The maximum absolute atomic E-state index is 10.4. The van der Waals surface area contributed by atoms with Crippen LogP contribution in [-0.4, -0.2) is 6.29 Å². The normalized spacial score (nSPS) is 11.5. The molecule has 1 radical (unpaired) electrons. The second-order valence-electron chi connectivity index (χ2n) is 3.80. The van der Waals surface area contributed by atoms with Crippen LogP contribution in [0.2, 0.25) is 0 Å². The zero-order chi connectivity index (χ0) is 8.74. The Labute approximate surface area is 70.2 Å². The van der Waals surface area contributed by atoms with Gasteiger partial charge in [-0.3, -0.25) is 4.79 Å². The second-order valence-corrected chi connectivity index (χ2v) is 3.80. The number of unbranched alkanes of at least 4 members (excludes halogenated alkanes) is 3. The van der Waals surface area contributed by atoms with Crippen molar-refractivity contribution >= 4 is 6.29 Å². The van der Waals surface area contributed by atoms with E-state index in [0.717, 1.165) is 12.8 Å². The van der Waals surface area contributed by atoms with E-state index in [-0.39, 0.29) is 5.41 Å². The van der Waals surface area contributed by atoms with E-state index in [1.165, 1.54) is 19.3 Å². The Balaban J connectivity index is 3.30. The van der Waals surface area contributed by atoms with Crippen LogP contribution in [0.1, 0.15) is 52.9 Å². The van der Waals surface area contributed by atoms with Gasteiger partial charge in [0.2, 0.25) is 6.29 Å². The third kappa shape index (κ3) is 6.08. The largest absolute Gasteiger partial charge is 0.290 e. The third-order valence-corrected chi connectivity index (χ3v) is 1.93. The fraction of sp³-hybridized carbons (Fsp3) is 0.900. The minimum Gasteiger partial charge on any atom is -0.290 e. The Bertz CT molecular complexity index is 105. The maximum Gasteiger partial charge on any atom is 0.204 e. The van der Waals surface area contributed by atoms with Gasteiger partial charge in [-0.2, -0.15) is 0 Å². The van der Waals surface area contributed by atoms with Crippen LogP contribution in [0, 0.1) is 5.41 Å². The molecule has 0 heterocycles. The number of hydrogen-bond donors (Lipinski definition) is 0. The number of rotatable bonds is 6. The summed E-state index contributed by atoms with van der Waals surface area (Å²) in [7, 11) is 0. The molecule has 0 aliphatic rings. The van der Waals surface area contributed by atoms with Gasteiger partial charge in [0.05, 0.1) is 0 Å². The molecule has 0 saturated heterocycles. The van der Waals surface area contributed by atoms with Crippen LogP contribution < -0.4 is 0 Å². The summed E-state index contributed by atoms with van der Waals surface area (Å²) in [6.07, 6.45) is 8.01. The molecule has 0 atom stereocenters. The Morgan fingerprint density at radius 1 is 1.18 bits per heavy atom. The number of carbonyl (C=O) groups excluding carboxylic acids is 1. The first-order chi connectivity index (χ1) is 5.12. The molecule has 65 valence electrons. The van der Waals surface area contributed by atoms with E-state index >= 15 is 0 Å². The second kappa shape index (κ2) is 5.34. The van der Waals surface area contributed by atoms with Crippen LogP contribution in [0.4, 0.5) is 0 Å². The fourth-order valence-corrected chi connectivity index (χ4v) is 1.04. The van der Waals surface area contributed by atoms with Crippen molar-refractivity contribution in [3.8, 4) is 0 Å². The Morgan fingerprint density at radius 3 is 2.27 bits per heavy atom. The summed E-state index contributed by atoms with van der Waals surface area (Å²) in [4.78, 5) is 10.4. The minimum absolute atomic E-state index is 0.215. The van der Waals surface area contributed by atoms with Crippen LogP contribution in [0.25, 0.3) is 0 Å². The van der Waals surface area contributed by atoms with Gasteiger partial charge < -0.3 is 0 Å². The van der Waals surface area contributed by atoms with Crippen LogP contribution in [0.15, 0.2) is 0 Å². The molecular formula is C10H19O. The maximum atomic E-state index is 10.4. The average Bonchev–Trinajstić information content (AvgIpc) is 1.99. The quantitative estimate of drug-likeness (QED) is 0.539. The predicted molar refractivity (Wildman–Crippen MR) is 48.2 cm³/mol. The summed E-state index contributed by atoms with van der Waals surface area (Å²) in [6.45, 7) is 6.09. The van der Waals surface area contributed by atoms with Crippen molar-refractivity contribution in [2.24, 2.45) is 5.41 Å². The summed E-state index contributed by atoms with van der Waals surface area (Å²) in [6, 6.07) is 0. The first-order valence-corrected chi connectivity index (χ1v) is 4.51. The molecule has 0 aromatic carbocycles. The highest BCUT2D eigenvalue weighted by molar-refractivity contribution is 5.58. The molecule has 0 aromatic rings. The van der Waals surface area contributed by atoms with Gasteiger partial charge in [-0.25, -0.2) is 0 Å². The lowest BCUT2D eigenvalue weighted by atomic mass is 9.89. The van der Waals surface area contributed by atoms with Crippen LogP contribution in [0.3, 0.4) is 0 Å². The monoisotopic (exact) mass is 155 g/mol. The van der Waals surface area contributed by atoms with Gasteiger partial charge in [0.15, 0.2) is 0 Å². The topological polar surface area (TPSA) is 17.1 Å². The van der Waals surface area contributed by atoms with E-state index < -0.39 is 0 Å². The highest BCUT2D eigenvalue weighted by atomic mass is 16.1. The zero-order valence-electron chi connectivity index (χ0n) is 7.94. The van der Waals surface area contributed by atoms with Gasteiger partial charge in [0.25, 0.3) is 0 Å². The lowest BCUT2D eigenvalue weighted by Gasteiger charge is -2.14. The summed E-state index contributed by atoms with van der Waals surface area (Å²) in [5.41, 5.74) is -0.215. The predicted octanol–water partition coefficient (Wildman–Crippen LogP) is 3.09. The van der Waals surface area contributed by atoms with Crippen molar-refractivity contribution < 1.29 is 4.79 Å². The van der Waals surface area contributed by atoms with Crippen molar-refractivity contribution in [1.82, 2.24) is 0 Å². The molecule has 0 N–H and O–H groups in total. The van der Waals surface area contributed by atoms with Crippen LogP contribution >= 0.6 is 0 Å². The Morgan fingerprint density at radius 2 is 1.82 bits per heavy atom. The van der Waals surface area contributed by atoms with Crippen molar-refractivity contribution in [3.05, 3.63) is 0 Å². The van der Waals surface area contributed by atoms with Gasteiger partial charge in [0, 0.05) is 5.41 Å². The molecule has 0 aliphatic heterocycles. The SMILES string of the molecule is CCCCCCC(C)(C)[C]=O. The summed E-state index contributed by atoms with van der Waals surface area (Å²) >= 11 is 0. The van der Waals surface area contributed by atoms with E-state index in [0.29, 0.717) is 0 Å². The molecule has 0 spiro atoms. The van der Waals surface area contributed by atoms with Crippen molar-refractivity contribution in [2.75, 3.05) is 0 Å². The lowest BCUT2D eigenvalue weighted by Crippen LogP contribution is -2.12. The zero-order valence-corrected chi connectivity index (χ0v) is 7.94. The average molecular weight is 155 g/mol. The molecule has 0 rings (SSSR count). The van der Waals surface area contributed by atoms with Gasteiger partial charge >= 0.3 is 0 Å². The molecule has 1 nitrogen and oxygen atoms in total. The third-order valence-electron chi connectivity index (χ3n) is 1.93. The summed E-state index contributed by atoms with van der Waals surface area (Å²) in [5, 5.41) is 0. The van der Waals surface area contributed by atoms with Gasteiger partial charge in [-0.1, -0.05) is 46.5 Å². The van der Waals surface area contributed by atoms with Gasteiger partial charge in [-0.15, -0.1) is 0 Å². The summed E-state index contributed by atoms with van der Waals surface area (Å²) < 4.78 is 0. The smallest absolute Gasteiger partial charge is 0.204 e. The lowest BCUT2D eigenvalue weighted by molar-refractivity contribution is 0.405. The Kier molecular flexibility index (Phi) is 5.18. The molecular weight excluding hydrogens is 136 g/mol. The molecule has 0 saturated carbocycles. The van der Waals surface area contributed by atoms with Crippen LogP contribution in [-0.2, 0) is 4.79 Å². The van der Waals surface area contributed by atoms with Crippen molar-refractivity contribution in [3.63, 3.8) is 0 Å². The minimum atomic E-state index is -0.215. The van der Waals surface area contributed by atoms with Crippen molar-refractivity contribution in [2.45, 2.75) is 52.9 Å². The van der Waals surface area contributed by atoms with E-state index in [4.69, 9.17) is 0 Å². The molecule has 0 fully saturated rings. The molecule has 0 aliphatic carbocycles. The van der Waals surface area contributed by atoms with Gasteiger partial charge in [0.1, 0.15) is 0 Å².